The van der Waals surface area contributed by atoms with Crippen LogP contribution in [0.25, 0.3) is 0 Å². The van der Waals surface area contributed by atoms with Gasteiger partial charge in [0.05, 0.1) is 6.61 Å². The average Bonchev–Trinajstić information content (AvgIpc) is 2.66. The molecule has 0 bridgehead atoms. The molecule has 0 spiro atoms. The van der Waals surface area contributed by atoms with Gasteiger partial charge in [0, 0.05) is 33.1 Å². The number of amides is 2. The first-order chi connectivity index (χ1) is 13.7. The van der Waals surface area contributed by atoms with Crippen LogP contribution in [0.1, 0.15) is 52.5 Å². The lowest BCUT2D eigenvalue weighted by Gasteiger charge is -2.35. The summed E-state index contributed by atoms with van der Waals surface area (Å²) in [5, 5.41) is 0. The highest BCUT2D eigenvalue weighted by atomic mass is 16.6. The van der Waals surface area contributed by atoms with Gasteiger partial charge in [-0.05, 0) is 64.5 Å². The molecule has 0 aromatic heterocycles. The van der Waals surface area contributed by atoms with Gasteiger partial charge in [-0.1, -0.05) is 18.2 Å². The molecule has 2 rings (SSSR count). The quantitative estimate of drug-likeness (QED) is 0.686. The molecular weight excluding hydrogens is 368 g/mol. The summed E-state index contributed by atoms with van der Waals surface area (Å²) in [4.78, 5) is 28.5. The predicted molar refractivity (Wildman–Crippen MR) is 114 cm³/mol. The predicted octanol–water partition coefficient (Wildman–Crippen LogP) is 4.12. The third kappa shape index (κ3) is 7.59. The second-order valence-electron chi connectivity index (χ2n) is 8.75. The second kappa shape index (κ2) is 10.5. The van der Waals surface area contributed by atoms with Crippen molar-refractivity contribution in [1.29, 1.82) is 0 Å². The highest BCUT2D eigenvalue weighted by Gasteiger charge is 2.27. The minimum absolute atomic E-state index is 0.168. The van der Waals surface area contributed by atoms with E-state index in [1.807, 2.05) is 56.9 Å². The van der Waals surface area contributed by atoms with Gasteiger partial charge >= 0.3 is 6.09 Å². The lowest BCUT2D eigenvalue weighted by atomic mass is 9.97. The topological polar surface area (TPSA) is 59.1 Å². The van der Waals surface area contributed by atoms with E-state index in [-0.39, 0.29) is 17.9 Å². The van der Waals surface area contributed by atoms with E-state index in [0.29, 0.717) is 32.5 Å². The summed E-state index contributed by atoms with van der Waals surface area (Å²) in [6.07, 6.45) is 2.82. The van der Waals surface area contributed by atoms with Gasteiger partial charge < -0.3 is 19.3 Å². The van der Waals surface area contributed by atoms with Crippen molar-refractivity contribution < 1.29 is 19.1 Å². The normalized spacial score (nSPS) is 17.0. The Morgan fingerprint density at radius 3 is 2.66 bits per heavy atom. The van der Waals surface area contributed by atoms with Crippen molar-refractivity contribution in [2.75, 3.05) is 33.3 Å². The summed E-state index contributed by atoms with van der Waals surface area (Å²) in [6.45, 7) is 10.3. The van der Waals surface area contributed by atoms with Gasteiger partial charge in [-0.25, -0.2) is 4.79 Å². The SMILES string of the molecule is CCOc1ccccc1CCC(=O)N1CCCC(CN(C)C(=O)OC(C)(C)C)C1. The molecule has 1 aliphatic heterocycles. The van der Waals surface area contributed by atoms with Gasteiger partial charge in [-0.3, -0.25) is 4.79 Å². The number of aryl methyl sites for hydroxylation is 1. The van der Waals surface area contributed by atoms with E-state index in [1.54, 1.807) is 11.9 Å². The van der Waals surface area contributed by atoms with Crippen molar-refractivity contribution in [1.82, 2.24) is 9.80 Å². The van der Waals surface area contributed by atoms with Crippen molar-refractivity contribution in [2.24, 2.45) is 5.92 Å². The third-order valence-electron chi connectivity index (χ3n) is 4.99. The van der Waals surface area contributed by atoms with E-state index in [1.165, 1.54) is 0 Å². The van der Waals surface area contributed by atoms with Gasteiger partial charge in [0.1, 0.15) is 11.4 Å². The Morgan fingerprint density at radius 2 is 1.97 bits per heavy atom. The maximum absolute atomic E-state index is 12.8. The van der Waals surface area contributed by atoms with Crippen LogP contribution in [0.3, 0.4) is 0 Å². The number of rotatable bonds is 7. The fourth-order valence-corrected chi connectivity index (χ4v) is 3.65. The third-order valence-corrected chi connectivity index (χ3v) is 4.99. The maximum atomic E-state index is 12.8. The average molecular weight is 405 g/mol. The standard InChI is InChI=1S/C23H36N2O4/c1-6-28-20-12-8-7-11-19(20)13-14-21(26)25-15-9-10-18(17-25)16-24(5)22(27)29-23(2,3)4/h7-8,11-12,18H,6,9-10,13-17H2,1-5H3. The summed E-state index contributed by atoms with van der Waals surface area (Å²) in [6, 6.07) is 7.90. The number of para-hydroxylation sites is 1. The van der Waals surface area contributed by atoms with Crippen molar-refractivity contribution in [2.45, 2.75) is 59.0 Å². The molecule has 1 unspecified atom stereocenters. The summed E-state index contributed by atoms with van der Waals surface area (Å²) >= 11 is 0. The monoisotopic (exact) mass is 404 g/mol. The molecule has 1 aliphatic rings. The number of ether oxygens (including phenoxy) is 2. The number of carbonyl (C=O) groups excluding carboxylic acids is 2. The Kier molecular flexibility index (Phi) is 8.35. The minimum Gasteiger partial charge on any atom is -0.494 e. The van der Waals surface area contributed by atoms with Crippen LogP contribution < -0.4 is 4.74 Å². The first kappa shape index (κ1) is 23.0. The zero-order valence-electron chi connectivity index (χ0n) is 18.6. The van der Waals surface area contributed by atoms with E-state index < -0.39 is 5.60 Å². The van der Waals surface area contributed by atoms with Crippen molar-refractivity contribution in [3.8, 4) is 5.75 Å². The molecule has 1 fully saturated rings. The molecule has 6 heteroatoms. The number of hydrogen-bond donors (Lipinski definition) is 0. The molecule has 0 radical (unpaired) electrons. The van der Waals surface area contributed by atoms with E-state index in [2.05, 4.69) is 0 Å². The maximum Gasteiger partial charge on any atom is 0.410 e. The first-order valence-electron chi connectivity index (χ1n) is 10.6. The number of benzene rings is 1. The molecular formula is C23H36N2O4. The van der Waals surface area contributed by atoms with Crippen LogP contribution in [0.15, 0.2) is 24.3 Å². The summed E-state index contributed by atoms with van der Waals surface area (Å²) < 4.78 is 11.1. The zero-order chi connectivity index (χ0) is 21.4. The largest absolute Gasteiger partial charge is 0.494 e. The zero-order valence-corrected chi connectivity index (χ0v) is 18.6. The highest BCUT2D eigenvalue weighted by molar-refractivity contribution is 5.76. The Hall–Kier alpha value is -2.24. The lowest BCUT2D eigenvalue weighted by Crippen LogP contribution is -2.45. The molecule has 0 N–H and O–H groups in total. The van der Waals surface area contributed by atoms with E-state index >= 15 is 0 Å². The molecule has 162 valence electrons. The molecule has 1 atom stereocenters. The van der Waals surface area contributed by atoms with Crippen molar-refractivity contribution in [3.05, 3.63) is 29.8 Å². The van der Waals surface area contributed by atoms with Crippen LogP contribution >= 0.6 is 0 Å². The molecule has 0 saturated carbocycles. The fourth-order valence-electron chi connectivity index (χ4n) is 3.65. The van der Waals surface area contributed by atoms with Crippen LogP contribution in [0.2, 0.25) is 0 Å². The van der Waals surface area contributed by atoms with Crippen LogP contribution in [-0.4, -0.2) is 60.7 Å². The van der Waals surface area contributed by atoms with Crippen LogP contribution in [0.5, 0.6) is 5.75 Å². The lowest BCUT2D eigenvalue weighted by molar-refractivity contribution is -0.133. The molecule has 29 heavy (non-hydrogen) atoms. The van der Waals surface area contributed by atoms with Crippen molar-refractivity contribution >= 4 is 12.0 Å². The van der Waals surface area contributed by atoms with Gasteiger partial charge in [0.25, 0.3) is 0 Å². The van der Waals surface area contributed by atoms with E-state index in [0.717, 1.165) is 30.7 Å². The van der Waals surface area contributed by atoms with Crippen molar-refractivity contribution in [3.63, 3.8) is 0 Å². The molecule has 6 nitrogen and oxygen atoms in total. The highest BCUT2D eigenvalue weighted by Crippen LogP contribution is 2.22. The summed E-state index contributed by atoms with van der Waals surface area (Å²) in [7, 11) is 1.76. The molecule has 1 aromatic rings. The number of piperidine rings is 1. The number of nitrogens with zero attached hydrogens (tertiary/aromatic N) is 2. The summed E-state index contributed by atoms with van der Waals surface area (Å²) in [5.41, 5.74) is 0.568. The Labute approximate surface area is 175 Å². The fraction of sp³-hybridized carbons (Fsp3) is 0.652. The molecule has 1 heterocycles. The molecule has 2 amide bonds. The van der Waals surface area contributed by atoms with Crippen LogP contribution in [0, 0.1) is 5.92 Å². The Balaban J connectivity index is 1.85. The smallest absolute Gasteiger partial charge is 0.410 e. The van der Waals surface area contributed by atoms with Gasteiger partial charge in [0.15, 0.2) is 0 Å². The molecule has 1 saturated heterocycles. The van der Waals surface area contributed by atoms with Crippen LogP contribution in [-0.2, 0) is 16.0 Å². The summed E-state index contributed by atoms with van der Waals surface area (Å²) in [5.74, 6) is 1.31. The Morgan fingerprint density at radius 1 is 1.24 bits per heavy atom. The molecule has 1 aromatic carbocycles. The van der Waals surface area contributed by atoms with Gasteiger partial charge in [-0.15, -0.1) is 0 Å². The molecule has 0 aliphatic carbocycles. The second-order valence-corrected chi connectivity index (χ2v) is 8.75. The van der Waals surface area contributed by atoms with Gasteiger partial charge in [-0.2, -0.15) is 0 Å². The van der Waals surface area contributed by atoms with E-state index in [9.17, 15) is 9.59 Å². The minimum atomic E-state index is -0.502. The van der Waals surface area contributed by atoms with Gasteiger partial charge in [0.2, 0.25) is 5.91 Å². The number of carbonyl (C=O) groups is 2. The number of likely N-dealkylation sites (tertiary alicyclic amines) is 1. The number of hydrogen-bond acceptors (Lipinski definition) is 4. The van der Waals surface area contributed by atoms with Crippen LogP contribution in [0.4, 0.5) is 4.79 Å². The Bertz CT molecular complexity index is 684. The van der Waals surface area contributed by atoms with E-state index in [4.69, 9.17) is 9.47 Å². The first-order valence-corrected chi connectivity index (χ1v) is 10.6.